The van der Waals surface area contributed by atoms with Gasteiger partial charge >= 0.3 is 0 Å². The number of sulfone groups is 1. The van der Waals surface area contributed by atoms with E-state index in [0.717, 1.165) is 17.6 Å². The van der Waals surface area contributed by atoms with Gasteiger partial charge in [-0.3, -0.25) is 0 Å². The van der Waals surface area contributed by atoms with Crippen LogP contribution in [0.2, 0.25) is 0 Å². The monoisotopic (exact) mass is 475 g/mol. The maximum atomic E-state index is 12.4. The van der Waals surface area contributed by atoms with Crippen LogP contribution in [0.5, 0.6) is 0 Å². The van der Waals surface area contributed by atoms with Gasteiger partial charge in [0, 0.05) is 17.7 Å². The van der Waals surface area contributed by atoms with Gasteiger partial charge in [0.1, 0.15) is 13.5 Å². The molecule has 3 N–H and O–H groups in total. The van der Waals surface area contributed by atoms with E-state index in [2.05, 4.69) is 20.4 Å². The fourth-order valence-electron chi connectivity index (χ4n) is 3.60. The van der Waals surface area contributed by atoms with E-state index in [-0.39, 0.29) is 10.7 Å². The molecule has 4 aromatic rings. The highest BCUT2D eigenvalue weighted by molar-refractivity contribution is 7.92. The Labute approximate surface area is 199 Å². The first-order valence-corrected chi connectivity index (χ1v) is 12.4. The largest absolute Gasteiger partial charge is 0.382 e. The van der Waals surface area contributed by atoms with Gasteiger partial charge in [0.05, 0.1) is 22.0 Å². The summed E-state index contributed by atoms with van der Waals surface area (Å²) in [5.41, 5.74) is 11.4. The van der Waals surface area contributed by atoms with Crippen LogP contribution in [0.1, 0.15) is 19.4 Å². The molecule has 10 heteroatoms. The Morgan fingerprint density at radius 1 is 1.03 bits per heavy atom. The van der Waals surface area contributed by atoms with Crippen LogP contribution < -0.4 is 16.5 Å². The van der Waals surface area contributed by atoms with Crippen molar-refractivity contribution in [2.75, 3.05) is 12.8 Å². The molecule has 0 unspecified atom stereocenters. The molecular formula is C24H26BN5O3S. The Morgan fingerprint density at radius 2 is 1.68 bits per heavy atom. The van der Waals surface area contributed by atoms with Crippen LogP contribution in [0.15, 0.2) is 64.1 Å². The number of benzene rings is 2. The van der Waals surface area contributed by atoms with Crippen molar-refractivity contribution in [3.63, 3.8) is 0 Å². The minimum Gasteiger partial charge on any atom is -0.382 e. The summed E-state index contributed by atoms with van der Waals surface area (Å²) in [6, 6.07) is 14.7. The van der Waals surface area contributed by atoms with Crippen LogP contribution in [-0.4, -0.2) is 43.7 Å². The number of rotatable bonds is 7. The van der Waals surface area contributed by atoms with Gasteiger partial charge in [-0.25, -0.2) is 18.4 Å². The van der Waals surface area contributed by atoms with E-state index in [4.69, 9.17) is 10.3 Å². The van der Waals surface area contributed by atoms with Crippen molar-refractivity contribution in [3.8, 4) is 34.0 Å². The van der Waals surface area contributed by atoms with Gasteiger partial charge in [-0.15, -0.1) is 0 Å². The molecule has 0 atom stereocenters. The smallest absolute Gasteiger partial charge is 0.183 e. The molecule has 0 saturated carbocycles. The Hall–Kier alpha value is -3.50. The molecule has 0 amide bonds. The number of nitrogen functional groups attached to an aromatic ring is 1. The van der Waals surface area contributed by atoms with Gasteiger partial charge < -0.3 is 15.6 Å². The number of nitrogens with two attached hydrogens (primary N) is 1. The van der Waals surface area contributed by atoms with Crippen LogP contribution in [0.25, 0.3) is 34.0 Å². The van der Waals surface area contributed by atoms with Crippen LogP contribution in [0, 0.1) is 0 Å². The molecule has 0 radical (unpaired) electrons. The lowest BCUT2D eigenvalue weighted by Crippen LogP contribution is -2.13. The summed E-state index contributed by atoms with van der Waals surface area (Å²) in [7, 11) is 0.459. The summed E-state index contributed by atoms with van der Waals surface area (Å²) in [6.45, 7) is 4.10. The zero-order valence-electron chi connectivity index (χ0n) is 19.5. The molecule has 0 aliphatic carbocycles. The predicted molar refractivity (Wildman–Crippen MR) is 136 cm³/mol. The van der Waals surface area contributed by atoms with E-state index in [1.54, 1.807) is 44.3 Å². The van der Waals surface area contributed by atoms with Crippen molar-refractivity contribution in [2.24, 2.45) is 0 Å². The fourth-order valence-corrected chi connectivity index (χ4v) is 4.66. The van der Waals surface area contributed by atoms with Crippen molar-refractivity contribution < 1.29 is 12.9 Å². The Kier molecular flexibility index (Phi) is 6.54. The van der Waals surface area contributed by atoms with Crippen molar-refractivity contribution >= 4 is 29.0 Å². The quantitative estimate of drug-likeness (QED) is 0.390. The second kappa shape index (κ2) is 9.40. The molecule has 8 nitrogen and oxygen atoms in total. The lowest BCUT2D eigenvalue weighted by molar-refractivity contribution is 0.434. The number of hydrogen-bond donors (Lipinski definition) is 2. The van der Waals surface area contributed by atoms with Crippen molar-refractivity contribution in [3.05, 3.63) is 60.3 Å². The molecule has 4 rings (SSSR count). The molecule has 0 aliphatic heterocycles. The van der Waals surface area contributed by atoms with E-state index in [9.17, 15) is 8.42 Å². The van der Waals surface area contributed by atoms with Gasteiger partial charge in [-0.2, -0.15) is 0 Å². The second-order valence-corrected chi connectivity index (χ2v) is 10.8. The lowest BCUT2D eigenvalue weighted by Gasteiger charge is -2.09. The summed E-state index contributed by atoms with van der Waals surface area (Å²) < 4.78 is 30.5. The molecule has 0 aliphatic rings. The first-order chi connectivity index (χ1) is 16.2. The minimum atomic E-state index is -3.35. The molecule has 0 spiro atoms. The average Bonchev–Trinajstić information content (AvgIpc) is 3.21. The van der Waals surface area contributed by atoms with Gasteiger partial charge in [0.25, 0.3) is 0 Å². The molecule has 0 bridgehead atoms. The minimum absolute atomic E-state index is 0.220. The molecular weight excluding hydrogens is 449 g/mol. The zero-order chi connectivity index (χ0) is 24.5. The van der Waals surface area contributed by atoms with Crippen molar-refractivity contribution in [2.45, 2.75) is 30.5 Å². The molecule has 174 valence electrons. The standard InChI is InChI=1S/C24H26BN5O3S/c1-14(2)34(31,32)18-10-8-16(9-11-18)19-13-28-24(26)22(29-19)23-20(25)21(30-33-23)17-6-4-15(5-7-17)12-27-3/h4-11,13-14,27H,12,25H2,1-3H3,(H2,26,28). The van der Waals surface area contributed by atoms with E-state index in [1.165, 1.54) is 5.56 Å². The molecule has 2 heterocycles. The summed E-state index contributed by atoms with van der Waals surface area (Å²) in [5.74, 6) is 0.665. The Balaban J connectivity index is 1.68. The highest BCUT2D eigenvalue weighted by Crippen LogP contribution is 2.28. The van der Waals surface area contributed by atoms with Crippen molar-refractivity contribution in [1.82, 2.24) is 20.4 Å². The normalized spacial score (nSPS) is 11.8. The van der Waals surface area contributed by atoms with E-state index in [1.807, 2.05) is 39.2 Å². The lowest BCUT2D eigenvalue weighted by atomic mass is 9.89. The van der Waals surface area contributed by atoms with Crippen LogP contribution >= 0.6 is 0 Å². The Bertz CT molecular complexity index is 1420. The predicted octanol–water partition coefficient (Wildman–Crippen LogP) is 2.21. The highest BCUT2D eigenvalue weighted by Gasteiger charge is 2.21. The molecule has 2 aromatic heterocycles. The number of anilines is 1. The van der Waals surface area contributed by atoms with E-state index in [0.29, 0.717) is 28.4 Å². The topological polar surface area (TPSA) is 124 Å². The van der Waals surface area contributed by atoms with E-state index < -0.39 is 15.1 Å². The third-order valence-corrected chi connectivity index (χ3v) is 7.82. The van der Waals surface area contributed by atoms with Crippen molar-refractivity contribution in [1.29, 1.82) is 0 Å². The summed E-state index contributed by atoms with van der Waals surface area (Å²) in [6.07, 6.45) is 1.55. The van der Waals surface area contributed by atoms with Crippen LogP contribution in [0.3, 0.4) is 0 Å². The van der Waals surface area contributed by atoms with E-state index >= 15 is 0 Å². The number of aromatic nitrogens is 3. The Morgan fingerprint density at radius 3 is 2.29 bits per heavy atom. The van der Waals surface area contributed by atoms with Gasteiger partial charge in [0.15, 0.2) is 27.1 Å². The van der Waals surface area contributed by atoms with Gasteiger partial charge in [-0.05, 0) is 44.1 Å². The number of hydrogen-bond acceptors (Lipinski definition) is 8. The van der Waals surface area contributed by atoms with Gasteiger partial charge in [-0.1, -0.05) is 41.6 Å². The maximum Gasteiger partial charge on any atom is 0.183 e. The molecule has 2 aromatic carbocycles. The SMILES string of the molecule is Bc1c(-c2ccc(CNC)cc2)noc1-c1nc(-c2ccc(S(=O)(=O)C(C)C)cc2)cnc1N. The molecule has 0 fully saturated rings. The molecule has 34 heavy (non-hydrogen) atoms. The number of nitrogens with one attached hydrogen (secondary N) is 1. The summed E-state index contributed by atoms with van der Waals surface area (Å²) >= 11 is 0. The first-order valence-electron chi connectivity index (χ1n) is 10.9. The number of nitrogens with zero attached hydrogens (tertiary/aromatic N) is 3. The van der Waals surface area contributed by atoms with Crippen LogP contribution in [-0.2, 0) is 16.4 Å². The van der Waals surface area contributed by atoms with Gasteiger partial charge in [0.2, 0.25) is 0 Å². The second-order valence-electron chi connectivity index (χ2n) is 8.32. The third kappa shape index (κ3) is 4.46. The fraction of sp³-hybridized carbons (Fsp3) is 0.208. The summed E-state index contributed by atoms with van der Waals surface area (Å²) in [4.78, 5) is 9.23. The summed E-state index contributed by atoms with van der Waals surface area (Å²) in [5, 5.41) is 6.89. The van der Waals surface area contributed by atoms with Crippen LogP contribution in [0.4, 0.5) is 5.82 Å². The zero-order valence-corrected chi connectivity index (χ0v) is 20.3. The highest BCUT2D eigenvalue weighted by atomic mass is 32.2. The average molecular weight is 475 g/mol. The maximum absolute atomic E-state index is 12.4. The molecule has 0 saturated heterocycles. The first kappa shape index (κ1) is 23.7. The third-order valence-electron chi connectivity index (χ3n) is 5.65.